The number of pyridine rings is 1. The molecule has 4 rings (SSSR count). The second-order valence-corrected chi connectivity index (χ2v) is 5.87. The molecule has 25 heavy (non-hydrogen) atoms. The average molecular weight is 331 g/mol. The van der Waals surface area contributed by atoms with Gasteiger partial charge in [-0.05, 0) is 36.8 Å². The van der Waals surface area contributed by atoms with Crippen molar-refractivity contribution < 1.29 is 4.74 Å². The first-order chi connectivity index (χ1) is 12.2. The number of ether oxygens (including phenoxy) is 1. The van der Waals surface area contributed by atoms with Crippen molar-refractivity contribution in [2.24, 2.45) is 0 Å². The van der Waals surface area contributed by atoms with E-state index in [4.69, 9.17) is 4.74 Å². The second-order valence-electron chi connectivity index (χ2n) is 5.87. The Morgan fingerprint density at radius 2 is 1.88 bits per heavy atom. The van der Waals surface area contributed by atoms with Crippen molar-refractivity contribution >= 4 is 11.0 Å². The summed E-state index contributed by atoms with van der Waals surface area (Å²) >= 11 is 0. The Bertz CT molecular complexity index is 1130. The predicted molar refractivity (Wildman–Crippen MR) is 98.4 cm³/mol. The summed E-state index contributed by atoms with van der Waals surface area (Å²) < 4.78 is 6.99. The molecule has 0 aliphatic carbocycles. The summed E-state index contributed by atoms with van der Waals surface area (Å²) in [6.45, 7) is 2.00. The molecule has 124 valence electrons. The Morgan fingerprint density at radius 1 is 1.04 bits per heavy atom. The Balaban J connectivity index is 2.01. The highest BCUT2D eigenvalue weighted by Gasteiger charge is 2.16. The fourth-order valence-electron chi connectivity index (χ4n) is 3.07. The van der Waals surface area contributed by atoms with Crippen LogP contribution in [-0.2, 0) is 0 Å². The molecule has 2 aromatic carbocycles. The van der Waals surface area contributed by atoms with Crippen LogP contribution in [0.2, 0.25) is 0 Å². The quantitative estimate of drug-likeness (QED) is 0.623. The number of para-hydroxylation sites is 1. The van der Waals surface area contributed by atoms with Gasteiger partial charge in [-0.15, -0.1) is 0 Å². The van der Waals surface area contributed by atoms with Gasteiger partial charge in [0.05, 0.1) is 18.2 Å². The summed E-state index contributed by atoms with van der Waals surface area (Å²) in [7, 11) is 1.62. The predicted octanol–water partition coefficient (Wildman–Crippen LogP) is 3.70. The lowest BCUT2D eigenvalue weighted by molar-refractivity contribution is 0.416. The molecular formula is C20H17N3O2. The molecule has 0 saturated carbocycles. The van der Waals surface area contributed by atoms with E-state index >= 15 is 0 Å². The van der Waals surface area contributed by atoms with Gasteiger partial charge in [-0.25, -0.2) is 9.67 Å². The van der Waals surface area contributed by atoms with Gasteiger partial charge >= 0.3 is 0 Å². The minimum Gasteiger partial charge on any atom is -0.496 e. The van der Waals surface area contributed by atoms with E-state index < -0.39 is 0 Å². The summed E-state index contributed by atoms with van der Waals surface area (Å²) in [6, 6.07) is 17.3. The molecule has 2 aromatic heterocycles. The number of hydrogen-bond donors (Lipinski definition) is 1. The zero-order valence-electron chi connectivity index (χ0n) is 14.0. The number of H-pyrrole nitrogens is 1. The second kappa shape index (κ2) is 5.94. The summed E-state index contributed by atoms with van der Waals surface area (Å²) in [5, 5.41) is 3.66. The van der Waals surface area contributed by atoms with Crippen LogP contribution in [0.15, 0.2) is 65.6 Å². The van der Waals surface area contributed by atoms with Gasteiger partial charge in [-0.3, -0.25) is 9.89 Å². The number of aromatic amines is 1. The van der Waals surface area contributed by atoms with Crippen LogP contribution in [0.25, 0.3) is 27.8 Å². The number of hydrogen-bond acceptors (Lipinski definition) is 3. The van der Waals surface area contributed by atoms with Crippen molar-refractivity contribution in [2.45, 2.75) is 6.92 Å². The minimum absolute atomic E-state index is 0.130. The summed E-state index contributed by atoms with van der Waals surface area (Å²) in [4.78, 5) is 17.4. The maximum Gasteiger partial charge on any atom is 0.281 e. The molecule has 0 aliphatic rings. The van der Waals surface area contributed by atoms with Crippen molar-refractivity contribution in [2.75, 3.05) is 7.11 Å². The van der Waals surface area contributed by atoms with Gasteiger partial charge in [0.25, 0.3) is 5.56 Å². The number of rotatable bonds is 3. The maximum atomic E-state index is 13.1. The lowest BCUT2D eigenvalue weighted by Gasteiger charge is -2.08. The third-order valence-corrected chi connectivity index (χ3v) is 4.24. The number of fused-ring (bicyclic) bond motifs is 1. The third kappa shape index (κ3) is 2.50. The first kappa shape index (κ1) is 15.2. The van der Waals surface area contributed by atoms with E-state index in [9.17, 15) is 4.79 Å². The minimum atomic E-state index is -0.130. The van der Waals surface area contributed by atoms with E-state index in [0.717, 1.165) is 28.1 Å². The summed E-state index contributed by atoms with van der Waals surface area (Å²) in [6.07, 6.45) is 1.70. The summed E-state index contributed by atoms with van der Waals surface area (Å²) in [5.74, 6) is 0.720. The first-order valence-corrected chi connectivity index (χ1v) is 7.99. The lowest BCUT2D eigenvalue weighted by Crippen LogP contribution is -2.14. The number of aromatic nitrogens is 3. The number of benzene rings is 2. The summed E-state index contributed by atoms with van der Waals surface area (Å²) in [5.41, 5.74) is 3.96. The molecule has 0 spiro atoms. The Morgan fingerprint density at radius 3 is 2.68 bits per heavy atom. The molecule has 2 heterocycles. The molecule has 5 nitrogen and oxygen atoms in total. The van der Waals surface area contributed by atoms with Crippen molar-refractivity contribution in [3.8, 4) is 22.6 Å². The zero-order chi connectivity index (χ0) is 17.4. The number of aryl methyl sites for hydroxylation is 1. The topological polar surface area (TPSA) is 59.9 Å². The molecule has 0 fully saturated rings. The van der Waals surface area contributed by atoms with Crippen molar-refractivity contribution in [3.05, 3.63) is 76.7 Å². The Kier molecular flexibility index (Phi) is 3.61. The van der Waals surface area contributed by atoms with Gasteiger partial charge in [-0.1, -0.05) is 30.3 Å². The fraction of sp³-hybridized carbons (Fsp3) is 0.100. The largest absolute Gasteiger partial charge is 0.496 e. The van der Waals surface area contributed by atoms with Crippen molar-refractivity contribution in [1.29, 1.82) is 0 Å². The van der Waals surface area contributed by atoms with E-state index in [1.807, 2.05) is 61.5 Å². The van der Waals surface area contributed by atoms with Crippen LogP contribution >= 0.6 is 0 Å². The molecule has 4 aromatic rings. The molecular weight excluding hydrogens is 314 g/mol. The van der Waals surface area contributed by atoms with Gasteiger partial charge in [0.2, 0.25) is 0 Å². The number of nitrogens with one attached hydrogen (secondary N) is 1. The smallest absolute Gasteiger partial charge is 0.281 e. The maximum absolute atomic E-state index is 13.1. The number of nitrogens with zero attached hydrogens (tertiary/aromatic N) is 2. The van der Waals surface area contributed by atoms with Crippen LogP contribution in [-0.4, -0.2) is 21.9 Å². The molecule has 0 radical (unpaired) electrons. The van der Waals surface area contributed by atoms with Crippen LogP contribution in [0.5, 0.6) is 5.75 Å². The van der Waals surface area contributed by atoms with E-state index in [1.54, 1.807) is 13.3 Å². The monoisotopic (exact) mass is 331 g/mol. The Labute approximate surface area is 144 Å². The van der Waals surface area contributed by atoms with Crippen LogP contribution in [0.3, 0.4) is 0 Å². The molecule has 0 saturated heterocycles. The van der Waals surface area contributed by atoms with Crippen LogP contribution in [0, 0.1) is 6.92 Å². The van der Waals surface area contributed by atoms with Crippen LogP contribution in [0.4, 0.5) is 0 Å². The molecule has 0 bridgehead atoms. The van der Waals surface area contributed by atoms with Crippen LogP contribution < -0.4 is 10.3 Å². The SMILES string of the molecule is COc1ccccc1-c1ccnc2[nH]n(-c3cccc(C)c3)c(=O)c12. The zero-order valence-corrected chi connectivity index (χ0v) is 14.0. The highest BCUT2D eigenvalue weighted by molar-refractivity contribution is 5.94. The molecule has 5 heteroatoms. The standard InChI is InChI=1S/C20H17N3O2/c1-13-6-5-7-14(12-13)23-20(24)18-16(10-11-21-19(18)22-23)15-8-3-4-9-17(15)25-2/h3-12H,1-2H3,(H,21,22). The molecule has 0 aliphatic heterocycles. The van der Waals surface area contributed by atoms with Gasteiger partial charge in [0.1, 0.15) is 5.75 Å². The first-order valence-electron chi connectivity index (χ1n) is 7.99. The van der Waals surface area contributed by atoms with E-state index in [0.29, 0.717) is 11.0 Å². The third-order valence-electron chi connectivity index (χ3n) is 4.24. The normalized spacial score (nSPS) is 11.0. The number of methoxy groups -OCH3 is 1. The van der Waals surface area contributed by atoms with Crippen LogP contribution in [0.1, 0.15) is 5.56 Å². The molecule has 1 N–H and O–H groups in total. The lowest BCUT2D eigenvalue weighted by atomic mass is 10.0. The van der Waals surface area contributed by atoms with Gasteiger partial charge in [-0.2, -0.15) is 0 Å². The van der Waals surface area contributed by atoms with Crippen molar-refractivity contribution in [3.63, 3.8) is 0 Å². The van der Waals surface area contributed by atoms with Gasteiger partial charge in [0.15, 0.2) is 5.65 Å². The Hall–Kier alpha value is -3.34. The molecule has 0 unspecified atom stereocenters. The van der Waals surface area contributed by atoms with E-state index in [1.165, 1.54) is 4.68 Å². The molecule has 0 amide bonds. The van der Waals surface area contributed by atoms with E-state index in [-0.39, 0.29) is 5.56 Å². The van der Waals surface area contributed by atoms with Gasteiger partial charge < -0.3 is 4.74 Å². The molecule has 0 atom stereocenters. The highest BCUT2D eigenvalue weighted by Crippen LogP contribution is 2.32. The fourth-order valence-corrected chi connectivity index (χ4v) is 3.07. The highest BCUT2D eigenvalue weighted by atomic mass is 16.5. The average Bonchev–Trinajstić information content (AvgIpc) is 2.99. The van der Waals surface area contributed by atoms with Crippen molar-refractivity contribution in [1.82, 2.24) is 14.8 Å². The van der Waals surface area contributed by atoms with Gasteiger partial charge in [0, 0.05) is 17.3 Å². The van der Waals surface area contributed by atoms with E-state index in [2.05, 4.69) is 10.1 Å².